The SMILES string of the molecule is Cc1ccc2ccc(C(Nc3ccccn3)c3ccc(N(C)C)cc3)c(O)c2n1. The van der Waals surface area contributed by atoms with E-state index in [0.717, 1.165) is 33.7 Å². The second kappa shape index (κ2) is 7.80. The highest BCUT2D eigenvalue weighted by molar-refractivity contribution is 5.86. The molecule has 0 radical (unpaired) electrons. The van der Waals surface area contributed by atoms with Crippen LogP contribution in [0.1, 0.15) is 22.9 Å². The van der Waals surface area contributed by atoms with Crippen LogP contribution in [0, 0.1) is 6.92 Å². The molecule has 29 heavy (non-hydrogen) atoms. The standard InChI is InChI=1S/C24H24N4O/c1-16-7-8-18-11-14-20(24(29)23(18)26-16)22(27-21-6-4-5-15-25-21)17-9-12-19(13-10-17)28(2)3/h4-15,22,29H,1-3H3,(H,25,27). The van der Waals surface area contributed by atoms with Crippen molar-refractivity contribution in [3.8, 4) is 5.75 Å². The van der Waals surface area contributed by atoms with Crippen LogP contribution in [0.2, 0.25) is 0 Å². The second-order valence-electron chi connectivity index (χ2n) is 7.31. The summed E-state index contributed by atoms with van der Waals surface area (Å²) in [5.41, 5.74) is 4.39. The highest BCUT2D eigenvalue weighted by atomic mass is 16.3. The Hall–Kier alpha value is -3.60. The zero-order valence-corrected chi connectivity index (χ0v) is 16.8. The van der Waals surface area contributed by atoms with Crippen LogP contribution < -0.4 is 10.2 Å². The third kappa shape index (κ3) is 3.85. The van der Waals surface area contributed by atoms with Crippen molar-refractivity contribution >= 4 is 22.4 Å². The molecule has 2 heterocycles. The molecule has 2 aromatic carbocycles. The summed E-state index contributed by atoms with van der Waals surface area (Å²) in [6.45, 7) is 1.93. The summed E-state index contributed by atoms with van der Waals surface area (Å²) in [4.78, 5) is 11.0. The highest BCUT2D eigenvalue weighted by Crippen LogP contribution is 2.36. The zero-order valence-electron chi connectivity index (χ0n) is 16.8. The number of fused-ring (bicyclic) bond motifs is 1. The van der Waals surface area contributed by atoms with Crippen LogP contribution in [0.25, 0.3) is 10.9 Å². The van der Waals surface area contributed by atoms with E-state index in [-0.39, 0.29) is 11.8 Å². The molecule has 0 spiro atoms. The Morgan fingerprint density at radius 2 is 1.69 bits per heavy atom. The van der Waals surface area contributed by atoms with E-state index in [1.165, 1.54) is 0 Å². The van der Waals surface area contributed by atoms with Gasteiger partial charge in [0.1, 0.15) is 17.1 Å². The predicted molar refractivity (Wildman–Crippen MR) is 119 cm³/mol. The fraction of sp³-hybridized carbons (Fsp3) is 0.167. The number of aromatic nitrogens is 2. The fourth-order valence-corrected chi connectivity index (χ4v) is 3.42. The molecule has 0 aliphatic carbocycles. The Labute approximate surface area is 170 Å². The van der Waals surface area contributed by atoms with Gasteiger partial charge in [-0.3, -0.25) is 0 Å². The van der Waals surface area contributed by atoms with Crippen LogP contribution in [0.15, 0.2) is 72.9 Å². The van der Waals surface area contributed by atoms with Crippen LogP contribution in [0.3, 0.4) is 0 Å². The molecular weight excluding hydrogens is 360 g/mol. The number of aromatic hydroxyl groups is 1. The normalized spacial score (nSPS) is 12.0. The number of pyridine rings is 2. The third-order valence-electron chi connectivity index (χ3n) is 5.02. The van der Waals surface area contributed by atoms with E-state index >= 15 is 0 Å². The van der Waals surface area contributed by atoms with E-state index < -0.39 is 0 Å². The topological polar surface area (TPSA) is 61.3 Å². The van der Waals surface area contributed by atoms with Gasteiger partial charge in [-0.25, -0.2) is 9.97 Å². The summed E-state index contributed by atoms with van der Waals surface area (Å²) in [6, 6.07) is 21.6. The molecule has 5 nitrogen and oxygen atoms in total. The van der Waals surface area contributed by atoms with E-state index in [1.807, 2.05) is 63.5 Å². The maximum absolute atomic E-state index is 11.1. The van der Waals surface area contributed by atoms with Crippen molar-refractivity contribution in [3.63, 3.8) is 0 Å². The molecule has 4 aromatic rings. The Bertz CT molecular complexity index is 1120. The van der Waals surface area contributed by atoms with Crippen molar-refractivity contribution in [2.75, 3.05) is 24.3 Å². The lowest BCUT2D eigenvalue weighted by molar-refractivity contribution is 0.471. The fourth-order valence-electron chi connectivity index (χ4n) is 3.42. The number of phenols is 1. The summed E-state index contributed by atoms with van der Waals surface area (Å²) >= 11 is 0. The van der Waals surface area contributed by atoms with Gasteiger partial charge in [0, 0.05) is 42.6 Å². The monoisotopic (exact) mass is 384 g/mol. The average Bonchev–Trinajstić information content (AvgIpc) is 2.74. The van der Waals surface area contributed by atoms with Crippen molar-refractivity contribution in [1.29, 1.82) is 0 Å². The van der Waals surface area contributed by atoms with Crippen LogP contribution in [-0.4, -0.2) is 29.2 Å². The molecule has 0 bridgehead atoms. The number of rotatable bonds is 5. The lowest BCUT2D eigenvalue weighted by Crippen LogP contribution is -2.14. The first kappa shape index (κ1) is 18.7. The van der Waals surface area contributed by atoms with Gasteiger partial charge in [-0.1, -0.05) is 36.4 Å². The van der Waals surface area contributed by atoms with Gasteiger partial charge in [-0.15, -0.1) is 0 Å². The van der Waals surface area contributed by atoms with Crippen LogP contribution in [-0.2, 0) is 0 Å². The van der Waals surface area contributed by atoms with Crippen LogP contribution in [0.5, 0.6) is 5.75 Å². The van der Waals surface area contributed by atoms with Gasteiger partial charge in [0.25, 0.3) is 0 Å². The molecule has 146 valence electrons. The Morgan fingerprint density at radius 3 is 2.38 bits per heavy atom. The van der Waals surface area contributed by atoms with Gasteiger partial charge in [-0.2, -0.15) is 0 Å². The maximum atomic E-state index is 11.1. The van der Waals surface area contributed by atoms with Gasteiger partial charge >= 0.3 is 0 Å². The first-order chi connectivity index (χ1) is 14.0. The van der Waals surface area contributed by atoms with E-state index in [0.29, 0.717) is 5.52 Å². The lowest BCUT2D eigenvalue weighted by Gasteiger charge is -2.23. The number of aryl methyl sites for hydroxylation is 1. The Kier molecular flexibility index (Phi) is 5.04. The largest absolute Gasteiger partial charge is 0.505 e. The van der Waals surface area contributed by atoms with Crippen molar-refractivity contribution < 1.29 is 5.11 Å². The number of hydrogen-bond donors (Lipinski definition) is 2. The molecule has 2 N–H and O–H groups in total. The maximum Gasteiger partial charge on any atom is 0.147 e. The lowest BCUT2D eigenvalue weighted by atomic mass is 9.96. The molecule has 1 atom stereocenters. The van der Waals surface area contributed by atoms with Gasteiger partial charge < -0.3 is 15.3 Å². The van der Waals surface area contributed by atoms with Crippen molar-refractivity contribution in [1.82, 2.24) is 9.97 Å². The first-order valence-electron chi connectivity index (χ1n) is 9.57. The van der Waals surface area contributed by atoms with Gasteiger partial charge in [-0.05, 0) is 42.8 Å². The van der Waals surface area contributed by atoms with Crippen LogP contribution >= 0.6 is 0 Å². The number of nitrogens with zero attached hydrogens (tertiary/aromatic N) is 3. The minimum atomic E-state index is -0.271. The molecule has 0 saturated heterocycles. The summed E-state index contributed by atoms with van der Waals surface area (Å²) in [5, 5.41) is 15.5. The number of phenolic OH excluding ortho intramolecular Hbond substituents is 1. The number of benzene rings is 2. The first-order valence-corrected chi connectivity index (χ1v) is 9.57. The minimum absolute atomic E-state index is 0.191. The molecule has 2 aromatic heterocycles. The van der Waals surface area contributed by atoms with Crippen molar-refractivity contribution in [3.05, 3.63) is 89.7 Å². The number of nitrogens with one attached hydrogen (secondary N) is 1. The molecule has 0 aliphatic heterocycles. The van der Waals surface area contributed by atoms with Gasteiger partial charge in [0.2, 0.25) is 0 Å². The molecule has 4 rings (SSSR count). The minimum Gasteiger partial charge on any atom is -0.505 e. The van der Waals surface area contributed by atoms with Crippen molar-refractivity contribution in [2.24, 2.45) is 0 Å². The van der Waals surface area contributed by atoms with E-state index in [4.69, 9.17) is 0 Å². The molecule has 1 unspecified atom stereocenters. The molecule has 0 amide bonds. The van der Waals surface area contributed by atoms with E-state index in [1.54, 1.807) is 6.20 Å². The van der Waals surface area contributed by atoms with Crippen LogP contribution in [0.4, 0.5) is 11.5 Å². The second-order valence-corrected chi connectivity index (χ2v) is 7.31. The number of hydrogen-bond acceptors (Lipinski definition) is 5. The molecule has 5 heteroatoms. The summed E-state index contributed by atoms with van der Waals surface area (Å²) in [5.74, 6) is 0.933. The third-order valence-corrected chi connectivity index (χ3v) is 5.02. The van der Waals surface area contributed by atoms with E-state index in [9.17, 15) is 5.11 Å². The highest BCUT2D eigenvalue weighted by Gasteiger charge is 2.20. The Morgan fingerprint density at radius 1 is 0.931 bits per heavy atom. The van der Waals surface area contributed by atoms with Crippen molar-refractivity contribution in [2.45, 2.75) is 13.0 Å². The van der Waals surface area contributed by atoms with Gasteiger partial charge in [0.05, 0.1) is 6.04 Å². The smallest absolute Gasteiger partial charge is 0.147 e. The predicted octanol–water partition coefficient (Wildman–Crippen LogP) is 4.91. The Balaban J connectivity index is 1.83. The summed E-state index contributed by atoms with van der Waals surface area (Å²) in [7, 11) is 4.03. The molecule has 0 aliphatic rings. The van der Waals surface area contributed by atoms with E-state index in [2.05, 4.69) is 44.5 Å². The summed E-state index contributed by atoms with van der Waals surface area (Å²) < 4.78 is 0. The summed E-state index contributed by atoms with van der Waals surface area (Å²) in [6.07, 6.45) is 1.75. The molecule has 0 saturated carbocycles. The average molecular weight is 384 g/mol. The molecular formula is C24H24N4O. The number of anilines is 2. The zero-order chi connectivity index (χ0) is 20.4. The molecule has 0 fully saturated rings. The van der Waals surface area contributed by atoms with Gasteiger partial charge in [0.15, 0.2) is 0 Å². The quantitative estimate of drug-likeness (QED) is 0.512.